The van der Waals surface area contributed by atoms with Gasteiger partial charge in [0.05, 0.1) is 24.1 Å². The molecule has 0 radical (unpaired) electrons. The van der Waals surface area contributed by atoms with Crippen LogP contribution in [0.4, 0.5) is 23.7 Å². The normalized spacial score (nSPS) is 25.0. The summed E-state index contributed by atoms with van der Waals surface area (Å²) >= 11 is 0. The lowest BCUT2D eigenvalue weighted by atomic mass is 10.1. The molecule has 3 heterocycles. The van der Waals surface area contributed by atoms with E-state index in [1.807, 2.05) is 31.1 Å². The van der Waals surface area contributed by atoms with Gasteiger partial charge < -0.3 is 39.4 Å². The summed E-state index contributed by atoms with van der Waals surface area (Å²) in [7, 11) is -0.267. The Morgan fingerprint density at radius 2 is 1.76 bits per heavy atom. The molecule has 2 unspecified atom stereocenters. The summed E-state index contributed by atoms with van der Waals surface area (Å²) in [5, 5.41) is 6.00. The van der Waals surface area contributed by atoms with Gasteiger partial charge in [-0.1, -0.05) is 12.2 Å². The Bertz CT molecular complexity index is 2390. The van der Waals surface area contributed by atoms with Gasteiger partial charge in [-0.3, -0.25) is 19.1 Å². The number of amides is 4. The third-order valence-corrected chi connectivity index (χ3v) is 12.9. The Balaban J connectivity index is 1.24. The molecular weight excluding hydrogens is 850 g/mol. The molecule has 4 aliphatic rings. The maximum atomic E-state index is 14.7. The molecular formula is C43H51F3N6O10S. The van der Waals surface area contributed by atoms with E-state index in [4.69, 9.17) is 19.2 Å². The number of nitrogens with one attached hydrogen (secondary N) is 3. The molecule has 1 aromatic heterocycles. The SMILES string of the molecule is CN(C)c1ccc2c(OC3C[C@H]4C(=O)N[C@]5(C(=O)NS(=O)(=O)C6CC6)CC5/C=C\COCCC[C@H](NC(=O)OC(C)(C)C)C(=O)N4C3)nc(-c3ccc(OC(F)(F)F)cc3)cc2c1. The Morgan fingerprint density at radius 1 is 1.03 bits per heavy atom. The van der Waals surface area contributed by atoms with Gasteiger partial charge in [0, 0.05) is 49.7 Å². The molecule has 5 atom stereocenters. The summed E-state index contributed by atoms with van der Waals surface area (Å²) in [5.41, 5.74) is -0.913. The van der Waals surface area contributed by atoms with Crippen molar-refractivity contribution in [1.29, 1.82) is 0 Å². The van der Waals surface area contributed by atoms with E-state index in [9.17, 15) is 40.8 Å². The minimum absolute atomic E-state index is 0.0889. The monoisotopic (exact) mass is 900 g/mol. The summed E-state index contributed by atoms with van der Waals surface area (Å²) in [5.74, 6) is -3.15. The molecule has 3 aromatic rings. The maximum absolute atomic E-state index is 14.7. The van der Waals surface area contributed by atoms with Gasteiger partial charge in [-0.25, -0.2) is 18.2 Å². The summed E-state index contributed by atoms with van der Waals surface area (Å²) in [6.07, 6.45) is -2.00. The molecule has 7 rings (SSSR count). The maximum Gasteiger partial charge on any atom is 0.573 e. The fraction of sp³-hybridized carbons (Fsp3) is 0.512. The van der Waals surface area contributed by atoms with Crippen molar-refractivity contribution in [2.45, 2.75) is 100 Å². The number of carbonyl (C=O) groups is 4. The lowest BCUT2D eigenvalue weighted by Gasteiger charge is -2.30. The smallest absolute Gasteiger partial charge is 0.472 e. The molecule has 0 spiro atoms. The highest BCUT2D eigenvalue weighted by Gasteiger charge is 2.62. The Hall–Kier alpha value is -5.63. The van der Waals surface area contributed by atoms with Crippen molar-refractivity contribution >= 4 is 50.3 Å². The van der Waals surface area contributed by atoms with E-state index in [1.54, 1.807) is 45.1 Å². The van der Waals surface area contributed by atoms with Crippen LogP contribution in [0.15, 0.2) is 60.7 Å². The number of fused-ring (bicyclic) bond motifs is 3. The topological polar surface area (TPSA) is 195 Å². The van der Waals surface area contributed by atoms with Crippen LogP contribution in [-0.4, -0.2) is 117 Å². The molecule has 3 N–H and O–H groups in total. The highest BCUT2D eigenvalue weighted by Crippen LogP contribution is 2.46. The van der Waals surface area contributed by atoms with Crippen LogP contribution in [0.2, 0.25) is 0 Å². The summed E-state index contributed by atoms with van der Waals surface area (Å²) < 4.78 is 88.7. The van der Waals surface area contributed by atoms with Crippen LogP contribution in [0, 0.1) is 5.92 Å². The van der Waals surface area contributed by atoms with E-state index in [1.165, 1.54) is 29.2 Å². The van der Waals surface area contributed by atoms with Crippen molar-refractivity contribution in [3.8, 4) is 22.9 Å². The first-order chi connectivity index (χ1) is 29.6. The van der Waals surface area contributed by atoms with Gasteiger partial charge >= 0.3 is 12.5 Å². The summed E-state index contributed by atoms with van der Waals surface area (Å²) in [6, 6.07) is 10.0. The quantitative estimate of drug-likeness (QED) is 0.245. The number of carbonyl (C=O) groups excluding carboxylic acids is 4. The second-order valence-electron chi connectivity index (χ2n) is 17.5. The number of hydrogen-bond donors (Lipinski definition) is 3. The minimum atomic E-state index is -4.88. The van der Waals surface area contributed by atoms with Gasteiger partial charge in [-0.05, 0) is 107 Å². The molecule has 4 amide bonds. The molecule has 63 heavy (non-hydrogen) atoms. The van der Waals surface area contributed by atoms with Crippen molar-refractivity contribution in [3.05, 3.63) is 60.7 Å². The molecule has 2 aliphatic heterocycles. The molecule has 2 aliphatic carbocycles. The molecule has 340 valence electrons. The molecule has 2 saturated carbocycles. The molecule has 2 aromatic carbocycles. The van der Waals surface area contributed by atoms with Crippen LogP contribution >= 0.6 is 0 Å². The summed E-state index contributed by atoms with van der Waals surface area (Å²) in [4.78, 5) is 64.1. The summed E-state index contributed by atoms with van der Waals surface area (Å²) in [6.45, 7) is 5.20. The highest BCUT2D eigenvalue weighted by atomic mass is 32.2. The first kappa shape index (κ1) is 45.4. The van der Waals surface area contributed by atoms with Gasteiger partial charge in [-0.15, -0.1) is 13.2 Å². The van der Waals surface area contributed by atoms with Crippen molar-refractivity contribution in [1.82, 2.24) is 25.2 Å². The first-order valence-electron chi connectivity index (χ1n) is 20.7. The van der Waals surface area contributed by atoms with E-state index < -0.39 is 86.4 Å². The standard InChI is InChI=1S/C43H51F3N6O10S/c1-41(2,3)62-40(56)48-33-9-7-19-59-18-6-8-27-23-42(27,39(55)50-63(57,58)31-15-16-31)49-36(53)35-22-30(24-52(35)38(33)54)60-37-32-17-12-28(51(4)5)20-26(32)21-34(47-37)25-10-13-29(14-11-25)61-43(44,45)46/h6,8,10-14,17,20-21,27,30-31,33,35H,7,9,15-16,18-19,22-24H2,1-5H3,(H,48,56)(H,49,53)(H,50,55)/b8-6-/t27?,30?,33-,35-,42+/m0/s1. The highest BCUT2D eigenvalue weighted by molar-refractivity contribution is 7.91. The number of aromatic nitrogens is 1. The van der Waals surface area contributed by atoms with E-state index >= 15 is 0 Å². The average molecular weight is 901 g/mol. The number of pyridine rings is 1. The number of alkyl halides is 3. The van der Waals surface area contributed by atoms with E-state index in [-0.39, 0.29) is 44.9 Å². The van der Waals surface area contributed by atoms with Crippen molar-refractivity contribution in [3.63, 3.8) is 0 Å². The van der Waals surface area contributed by atoms with Gasteiger partial charge in [0.2, 0.25) is 27.7 Å². The van der Waals surface area contributed by atoms with E-state index in [0.29, 0.717) is 41.3 Å². The zero-order valence-electron chi connectivity index (χ0n) is 35.5. The van der Waals surface area contributed by atoms with E-state index in [0.717, 1.165) is 5.69 Å². The third kappa shape index (κ3) is 10.9. The van der Waals surface area contributed by atoms with Crippen molar-refractivity contribution < 1.29 is 59.7 Å². The number of alkyl carbamates (subject to hydrolysis) is 1. The number of nitrogens with zero attached hydrogens (tertiary/aromatic N) is 3. The van der Waals surface area contributed by atoms with Crippen LogP contribution < -0.4 is 29.7 Å². The van der Waals surface area contributed by atoms with Crippen LogP contribution in [0.5, 0.6) is 11.6 Å². The Morgan fingerprint density at radius 3 is 2.43 bits per heavy atom. The minimum Gasteiger partial charge on any atom is -0.472 e. The zero-order chi connectivity index (χ0) is 45.5. The molecule has 0 bridgehead atoms. The van der Waals surface area contributed by atoms with E-state index in [2.05, 4.69) is 20.1 Å². The third-order valence-electron chi connectivity index (χ3n) is 11.1. The second-order valence-corrected chi connectivity index (χ2v) is 19.4. The van der Waals surface area contributed by atoms with Crippen LogP contribution in [0.25, 0.3) is 22.0 Å². The van der Waals surface area contributed by atoms with Gasteiger partial charge in [-0.2, -0.15) is 0 Å². The number of hydrogen-bond acceptors (Lipinski definition) is 12. The number of ether oxygens (including phenoxy) is 4. The molecule has 16 nitrogen and oxygen atoms in total. The van der Waals surface area contributed by atoms with Gasteiger partial charge in [0.1, 0.15) is 35.1 Å². The largest absolute Gasteiger partial charge is 0.573 e. The lowest BCUT2D eigenvalue weighted by Crippen LogP contribution is -2.58. The predicted octanol–water partition coefficient (Wildman–Crippen LogP) is 4.96. The van der Waals surface area contributed by atoms with Crippen LogP contribution in [0.1, 0.15) is 59.3 Å². The molecule has 3 fully saturated rings. The Labute approximate surface area is 362 Å². The lowest BCUT2D eigenvalue weighted by molar-refractivity contribution is -0.274. The molecule has 1 saturated heterocycles. The number of rotatable bonds is 9. The van der Waals surface area contributed by atoms with Crippen molar-refractivity contribution in [2.24, 2.45) is 5.92 Å². The van der Waals surface area contributed by atoms with Crippen LogP contribution in [0.3, 0.4) is 0 Å². The number of benzene rings is 2. The van der Waals surface area contributed by atoms with Crippen LogP contribution in [-0.2, 0) is 33.9 Å². The fourth-order valence-corrected chi connectivity index (χ4v) is 9.09. The fourth-order valence-electron chi connectivity index (χ4n) is 7.72. The number of halogens is 3. The second kappa shape index (κ2) is 17.5. The van der Waals surface area contributed by atoms with Gasteiger partial charge in [0.25, 0.3) is 5.91 Å². The average Bonchev–Trinajstić information content (AvgIpc) is 4.12. The van der Waals surface area contributed by atoms with Gasteiger partial charge in [0.15, 0.2) is 0 Å². The Kier molecular flexibility index (Phi) is 12.6. The zero-order valence-corrected chi connectivity index (χ0v) is 36.3. The first-order valence-corrected chi connectivity index (χ1v) is 22.2. The van der Waals surface area contributed by atoms with Crippen molar-refractivity contribution in [2.75, 3.05) is 38.8 Å². The predicted molar refractivity (Wildman–Crippen MR) is 224 cm³/mol. The number of sulfonamides is 1. The molecule has 20 heteroatoms. The number of anilines is 1.